The number of amides is 1. The predicted octanol–water partition coefficient (Wildman–Crippen LogP) is 1.63. The minimum absolute atomic E-state index is 0.0444. The zero-order valence-corrected chi connectivity index (χ0v) is 11.8. The van der Waals surface area contributed by atoms with E-state index in [2.05, 4.69) is 9.88 Å². The van der Waals surface area contributed by atoms with Crippen molar-refractivity contribution in [3.63, 3.8) is 0 Å². The molecule has 1 aromatic carbocycles. The van der Waals surface area contributed by atoms with E-state index in [4.69, 9.17) is 5.73 Å². The maximum Gasteiger partial charge on any atom is 0.254 e. The van der Waals surface area contributed by atoms with Crippen LogP contribution in [0.2, 0.25) is 0 Å². The molecule has 0 saturated carbocycles. The lowest BCUT2D eigenvalue weighted by atomic mass is 10.1. The minimum atomic E-state index is 0.0444. The van der Waals surface area contributed by atoms with E-state index in [9.17, 15) is 4.79 Å². The molecule has 2 aromatic rings. The summed E-state index contributed by atoms with van der Waals surface area (Å²) in [4.78, 5) is 20.8. The molecule has 1 amide bonds. The van der Waals surface area contributed by atoms with Gasteiger partial charge in [-0.3, -0.25) is 4.79 Å². The van der Waals surface area contributed by atoms with Crippen molar-refractivity contribution in [2.24, 2.45) is 0 Å². The Labute approximate surface area is 124 Å². The summed E-state index contributed by atoms with van der Waals surface area (Å²) in [6.45, 7) is 2.99. The van der Waals surface area contributed by atoms with Gasteiger partial charge in [0.05, 0.1) is 0 Å². The van der Waals surface area contributed by atoms with Gasteiger partial charge >= 0.3 is 0 Å². The monoisotopic (exact) mass is 282 g/mol. The van der Waals surface area contributed by atoms with Crippen molar-refractivity contribution in [1.29, 1.82) is 0 Å². The molecule has 5 nitrogen and oxygen atoms in total. The molecule has 0 atom stereocenters. The minimum Gasteiger partial charge on any atom is -0.399 e. The highest BCUT2D eigenvalue weighted by Crippen LogP contribution is 2.15. The van der Waals surface area contributed by atoms with Gasteiger partial charge in [-0.05, 0) is 30.3 Å². The predicted molar refractivity (Wildman–Crippen MR) is 83.2 cm³/mol. The molecule has 0 unspecified atom stereocenters. The first kappa shape index (κ1) is 13.4. The molecule has 0 spiro atoms. The van der Waals surface area contributed by atoms with Crippen molar-refractivity contribution in [1.82, 2.24) is 9.88 Å². The SMILES string of the molecule is Nc1cccc(C(=O)N2CCN(c3ccccn3)CC2)c1. The molecule has 5 heteroatoms. The number of carbonyl (C=O) groups excluding carboxylic acids is 1. The van der Waals surface area contributed by atoms with Gasteiger partial charge in [0.1, 0.15) is 5.82 Å². The smallest absolute Gasteiger partial charge is 0.254 e. The summed E-state index contributed by atoms with van der Waals surface area (Å²) in [6, 6.07) is 13.0. The lowest BCUT2D eigenvalue weighted by molar-refractivity contribution is 0.0746. The van der Waals surface area contributed by atoms with Gasteiger partial charge in [0.15, 0.2) is 0 Å². The second kappa shape index (κ2) is 5.83. The van der Waals surface area contributed by atoms with Gasteiger partial charge in [-0.2, -0.15) is 0 Å². The first-order valence-electron chi connectivity index (χ1n) is 7.05. The molecule has 1 saturated heterocycles. The van der Waals surface area contributed by atoms with Crippen LogP contribution in [-0.4, -0.2) is 42.0 Å². The molecule has 0 radical (unpaired) electrons. The fourth-order valence-corrected chi connectivity index (χ4v) is 2.53. The second-order valence-electron chi connectivity index (χ2n) is 5.09. The van der Waals surface area contributed by atoms with Crippen LogP contribution in [-0.2, 0) is 0 Å². The van der Waals surface area contributed by atoms with E-state index >= 15 is 0 Å². The number of nitrogens with two attached hydrogens (primary N) is 1. The van der Waals surface area contributed by atoms with Crippen LogP contribution in [0.5, 0.6) is 0 Å². The Bertz CT molecular complexity index is 621. The topological polar surface area (TPSA) is 62.5 Å². The number of anilines is 2. The van der Waals surface area contributed by atoms with E-state index in [0.717, 1.165) is 18.9 Å². The Balaban J connectivity index is 1.64. The first-order valence-corrected chi connectivity index (χ1v) is 7.05. The lowest BCUT2D eigenvalue weighted by Gasteiger charge is -2.35. The lowest BCUT2D eigenvalue weighted by Crippen LogP contribution is -2.49. The molecule has 2 heterocycles. The van der Waals surface area contributed by atoms with Gasteiger partial charge in [0.2, 0.25) is 0 Å². The van der Waals surface area contributed by atoms with E-state index in [0.29, 0.717) is 24.3 Å². The van der Waals surface area contributed by atoms with Gasteiger partial charge < -0.3 is 15.5 Å². The third-order valence-electron chi connectivity index (χ3n) is 3.67. The second-order valence-corrected chi connectivity index (χ2v) is 5.09. The average molecular weight is 282 g/mol. The van der Waals surface area contributed by atoms with Crippen LogP contribution in [0.15, 0.2) is 48.7 Å². The summed E-state index contributed by atoms with van der Waals surface area (Å²) >= 11 is 0. The van der Waals surface area contributed by atoms with Gasteiger partial charge in [0.25, 0.3) is 5.91 Å². The molecule has 1 aliphatic heterocycles. The highest BCUT2D eigenvalue weighted by Gasteiger charge is 2.22. The normalized spacial score (nSPS) is 15.0. The van der Waals surface area contributed by atoms with Crippen molar-refractivity contribution < 1.29 is 4.79 Å². The molecule has 2 N–H and O–H groups in total. The summed E-state index contributed by atoms with van der Waals surface area (Å²) in [5.41, 5.74) is 7.01. The zero-order valence-electron chi connectivity index (χ0n) is 11.8. The molecule has 0 bridgehead atoms. The number of piperazine rings is 1. The summed E-state index contributed by atoms with van der Waals surface area (Å²) in [5, 5.41) is 0. The first-order chi connectivity index (χ1) is 10.2. The molecule has 1 fully saturated rings. The summed E-state index contributed by atoms with van der Waals surface area (Å²) in [5.74, 6) is 1.01. The van der Waals surface area contributed by atoms with Gasteiger partial charge in [-0.1, -0.05) is 12.1 Å². The Hall–Kier alpha value is -2.56. The molecule has 21 heavy (non-hydrogen) atoms. The van der Waals surface area contributed by atoms with Crippen molar-refractivity contribution in [2.45, 2.75) is 0 Å². The van der Waals surface area contributed by atoms with Crippen LogP contribution < -0.4 is 10.6 Å². The molecule has 3 rings (SSSR count). The number of nitrogens with zero attached hydrogens (tertiary/aromatic N) is 3. The van der Waals surface area contributed by atoms with Crippen molar-refractivity contribution >= 4 is 17.4 Å². The molecular formula is C16H18N4O. The Kier molecular flexibility index (Phi) is 3.73. The van der Waals surface area contributed by atoms with E-state index in [1.165, 1.54) is 0 Å². The molecule has 1 aromatic heterocycles. The maximum atomic E-state index is 12.4. The van der Waals surface area contributed by atoms with Crippen LogP contribution in [0.4, 0.5) is 11.5 Å². The quantitative estimate of drug-likeness (QED) is 0.850. The van der Waals surface area contributed by atoms with Crippen molar-refractivity contribution in [2.75, 3.05) is 36.8 Å². The summed E-state index contributed by atoms with van der Waals surface area (Å²) in [6.07, 6.45) is 1.79. The fraction of sp³-hybridized carbons (Fsp3) is 0.250. The number of hydrogen-bond donors (Lipinski definition) is 1. The summed E-state index contributed by atoms with van der Waals surface area (Å²) in [7, 11) is 0. The van der Waals surface area contributed by atoms with E-state index < -0.39 is 0 Å². The fourth-order valence-electron chi connectivity index (χ4n) is 2.53. The van der Waals surface area contributed by atoms with Gasteiger partial charge in [-0.15, -0.1) is 0 Å². The van der Waals surface area contributed by atoms with Crippen LogP contribution in [0.3, 0.4) is 0 Å². The number of hydrogen-bond acceptors (Lipinski definition) is 4. The number of rotatable bonds is 2. The number of carbonyl (C=O) groups is 1. The van der Waals surface area contributed by atoms with E-state index in [1.54, 1.807) is 18.3 Å². The Morgan fingerprint density at radius 3 is 2.52 bits per heavy atom. The molecule has 108 valence electrons. The van der Waals surface area contributed by atoms with Crippen molar-refractivity contribution in [3.05, 3.63) is 54.2 Å². The third kappa shape index (κ3) is 2.97. The zero-order chi connectivity index (χ0) is 14.7. The highest BCUT2D eigenvalue weighted by molar-refractivity contribution is 5.95. The Morgan fingerprint density at radius 2 is 1.86 bits per heavy atom. The largest absolute Gasteiger partial charge is 0.399 e. The van der Waals surface area contributed by atoms with Gasteiger partial charge in [-0.25, -0.2) is 4.98 Å². The maximum absolute atomic E-state index is 12.4. The molecule has 1 aliphatic rings. The average Bonchev–Trinajstić information content (AvgIpc) is 2.55. The number of pyridine rings is 1. The van der Waals surface area contributed by atoms with Crippen LogP contribution in [0, 0.1) is 0 Å². The number of aromatic nitrogens is 1. The standard InChI is InChI=1S/C16H18N4O/c17-14-5-3-4-13(12-14)16(21)20-10-8-19(9-11-20)15-6-1-2-7-18-15/h1-7,12H,8-11,17H2. The van der Waals surface area contributed by atoms with E-state index in [1.807, 2.05) is 35.2 Å². The number of nitrogen functional groups attached to an aromatic ring is 1. The van der Waals surface area contributed by atoms with Crippen LogP contribution in [0.1, 0.15) is 10.4 Å². The molecule has 0 aliphatic carbocycles. The Morgan fingerprint density at radius 1 is 1.05 bits per heavy atom. The van der Waals surface area contributed by atoms with Crippen molar-refractivity contribution in [3.8, 4) is 0 Å². The van der Waals surface area contributed by atoms with Crippen LogP contribution in [0.25, 0.3) is 0 Å². The molecular weight excluding hydrogens is 264 g/mol. The van der Waals surface area contributed by atoms with E-state index in [-0.39, 0.29) is 5.91 Å². The highest BCUT2D eigenvalue weighted by atomic mass is 16.2. The third-order valence-corrected chi connectivity index (χ3v) is 3.67. The summed E-state index contributed by atoms with van der Waals surface area (Å²) < 4.78 is 0. The van der Waals surface area contributed by atoms with Gasteiger partial charge in [0, 0.05) is 43.6 Å². The number of benzene rings is 1. The van der Waals surface area contributed by atoms with Crippen LogP contribution >= 0.6 is 0 Å².